The van der Waals surface area contributed by atoms with Crippen molar-refractivity contribution in [2.75, 3.05) is 6.61 Å². The lowest BCUT2D eigenvalue weighted by Crippen LogP contribution is -2.51. The monoisotopic (exact) mass is 450 g/mol. The number of benzene rings is 3. The first-order valence-electron chi connectivity index (χ1n) is 11.4. The minimum absolute atomic E-state index is 0.00116. The van der Waals surface area contributed by atoms with Crippen LogP contribution in [-0.2, 0) is 16.1 Å². The van der Waals surface area contributed by atoms with E-state index in [4.69, 9.17) is 4.74 Å². The van der Waals surface area contributed by atoms with E-state index in [0.717, 1.165) is 22.8 Å². The summed E-state index contributed by atoms with van der Waals surface area (Å²) in [5.41, 5.74) is 0.740. The Balaban J connectivity index is 1.82. The van der Waals surface area contributed by atoms with Gasteiger partial charge >= 0.3 is 0 Å². The fourth-order valence-electron chi connectivity index (χ4n) is 3.69. The van der Waals surface area contributed by atoms with Crippen LogP contribution in [0.1, 0.15) is 39.2 Å². The summed E-state index contributed by atoms with van der Waals surface area (Å²) >= 11 is 0. The van der Waals surface area contributed by atoms with E-state index in [0.29, 0.717) is 12.2 Å². The molecular formula is C27H31FN2O3. The number of rotatable bonds is 10. The van der Waals surface area contributed by atoms with Crippen molar-refractivity contribution < 1.29 is 18.7 Å². The fraction of sp³-hybridized carbons (Fsp3) is 0.333. The number of fused-ring (bicyclic) bond motifs is 1. The minimum Gasteiger partial charge on any atom is -0.483 e. The van der Waals surface area contributed by atoms with E-state index in [-0.39, 0.29) is 36.8 Å². The standard InChI is InChI=1S/C27H31FN2O3/c1-4-19(3)29-27(32)24(5-2)30(17-20-13-15-22(28)16-14-20)26(31)18-33-25-12-8-10-21-9-6-7-11-23(21)25/h6-16,19,24H,4-5,17-18H2,1-3H3,(H,29,32)/t19-,24-/m0/s1. The van der Waals surface area contributed by atoms with Crippen molar-refractivity contribution in [2.45, 2.75) is 52.2 Å². The van der Waals surface area contributed by atoms with Gasteiger partial charge in [0.25, 0.3) is 5.91 Å². The second-order valence-corrected chi connectivity index (χ2v) is 8.16. The summed E-state index contributed by atoms with van der Waals surface area (Å²) < 4.78 is 19.3. The first-order chi connectivity index (χ1) is 15.9. The Kier molecular flexibility index (Phi) is 8.41. The van der Waals surface area contributed by atoms with Gasteiger partial charge in [-0.25, -0.2) is 4.39 Å². The average molecular weight is 451 g/mol. The molecule has 2 amide bonds. The van der Waals surface area contributed by atoms with Gasteiger partial charge in [0.1, 0.15) is 17.6 Å². The lowest BCUT2D eigenvalue weighted by atomic mass is 10.1. The smallest absolute Gasteiger partial charge is 0.261 e. The van der Waals surface area contributed by atoms with Gasteiger partial charge in [0.05, 0.1) is 0 Å². The van der Waals surface area contributed by atoms with Crippen LogP contribution in [0.4, 0.5) is 4.39 Å². The van der Waals surface area contributed by atoms with Crippen molar-refractivity contribution in [3.05, 3.63) is 78.1 Å². The van der Waals surface area contributed by atoms with Crippen molar-refractivity contribution in [3.63, 3.8) is 0 Å². The van der Waals surface area contributed by atoms with E-state index in [2.05, 4.69) is 5.32 Å². The summed E-state index contributed by atoms with van der Waals surface area (Å²) in [6.45, 7) is 5.77. The second-order valence-electron chi connectivity index (χ2n) is 8.16. The molecule has 0 fully saturated rings. The van der Waals surface area contributed by atoms with Crippen molar-refractivity contribution >= 4 is 22.6 Å². The highest BCUT2D eigenvalue weighted by Crippen LogP contribution is 2.25. The second kappa shape index (κ2) is 11.5. The van der Waals surface area contributed by atoms with Crippen LogP contribution in [-0.4, -0.2) is 35.4 Å². The summed E-state index contributed by atoms with van der Waals surface area (Å²) in [6, 6.07) is 18.8. The zero-order valence-electron chi connectivity index (χ0n) is 19.4. The van der Waals surface area contributed by atoms with Gasteiger partial charge in [0.15, 0.2) is 6.61 Å². The van der Waals surface area contributed by atoms with Gasteiger partial charge in [0.2, 0.25) is 5.91 Å². The Hall–Kier alpha value is -3.41. The molecule has 0 saturated carbocycles. The third-order valence-corrected chi connectivity index (χ3v) is 5.75. The lowest BCUT2D eigenvalue weighted by Gasteiger charge is -2.31. The largest absolute Gasteiger partial charge is 0.483 e. The van der Waals surface area contributed by atoms with E-state index in [1.54, 1.807) is 12.1 Å². The van der Waals surface area contributed by atoms with Crippen LogP contribution >= 0.6 is 0 Å². The first-order valence-corrected chi connectivity index (χ1v) is 11.4. The van der Waals surface area contributed by atoms with E-state index in [1.165, 1.54) is 17.0 Å². The molecule has 0 heterocycles. The number of hydrogen-bond donors (Lipinski definition) is 1. The number of nitrogens with zero attached hydrogens (tertiary/aromatic N) is 1. The molecule has 0 spiro atoms. The predicted octanol–water partition coefficient (Wildman–Crippen LogP) is 5.08. The Labute approximate surface area is 194 Å². The molecule has 0 bridgehead atoms. The molecule has 1 N–H and O–H groups in total. The lowest BCUT2D eigenvalue weighted by molar-refractivity contribution is -0.143. The van der Waals surface area contributed by atoms with E-state index < -0.39 is 6.04 Å². The van der Waals surface area contributed by atoms with Crippen LogP contribution in [0, 0.1) is 5.82 Å². The quantitative estimate of drug-likeness (QED) is 0.469. The first kappa shape index (κ1) is 24.2. The van der Waals surface area contributed by atoms with Gasteiger partial charge in [-0.15, -0.1) is 0 Å². The Bertz CT molecular complexity index is 1080. The molecule has 0 saturated heterocycles. The maximum Gasteiger partial charge on any atom is 0.261 e. The van der Waals surface area contributed by atoms with Crippen LogP contribution in [0.15, 0.2) is 66.7 Å². The van der Waals surface area contributed by atoms with Crippen LogP contribution in [0.2, 0.25) is 0 Å². The van der Waals surface area contributed by atoms with E-state index in [1.807, 2.05) is 63.2 Å². The summed E-state index contributed by atoms with van der Waals surface area (Å²) in [5, 5.41) is 4.91. The Morgan fingerprint density at radius 1 is 0.970 bits per heavy atom. The average Bonchev–Trinajstić information content (AvgIpc) is 2.83. The van der Waals surface area contributed by atoms with E-state index in [9.17, 15) is 14.0 Å². The number of carbonyl (C=O) groups excluding carboxylic acids is 2. The SMILES string of the molecule is CC[C@H](C)NC(=O)[C@H](CC)N(Cc1ccc(F)cc1)C(=O)COc1cccc2ccccc12. The molecule has 33 heavy (non-hydrogen) atoms. The normalized spacial score (nSPS) is 12.7. The molecule has 0 radical (unpaired) electrons. The van der Waals surface area contributed by atoms with Crippen LogP contribution in [0.3, 0.4) is 0 Å². The van der Waals surface area contributed by atoms with Crippen molar-refractivity contribution in [1.82, 2.24) is 10.2 Å². The predicted molar refractivity (Wildman–Crippen MR) is 128 cm³/mol. The molecule has 3 rings (SSSR count). The summed E-state index contributed by atoms with van der Waals surface area (Å²) in [5.74, 6) is -0.247. The van der Waals surface area contributed by atoms with Gasteiger partial charge in [0, 0.05) is 18.0 Å². The molecule has 3 aromatic rings. The molecule has 174 valence electrons. The molecule has 6 heteroatoms. The zero-order chi connectivity index (χ0) is 23.8. The highest BCUT2D eigenvalue weighted by atomic mass is 19.1. The minimum atomic E-state index is -0.660. The number of halogens is 1. The van der Waals surface area contributed by atoms with Crippen LogP contribution < -0.4 is 10.1 Å². The van der Waals surface area contributed by atoms with Gasteiger partial charge in [-0.05, 0) is 48.9 Å². The Morgan fingerprint density at radius 2 is 1.67 bits per heavy atom. The maximum atomic E-state index is 13.4. The molecule has 0 aliphatic rings. The van der Waals surface area contributed by atoms with Gasteiger partial charge in [-0.2, -0.15) is 0 Å². The highest BCUT2D eigenvalue weighted by molar-refractivity contribution is 5.90. The molecule has 0 aliphatic heterocycles. The van der Waals surface area contributed by atoms with E-state index >= 15 is 0 Å². The molecule has 5 nitrogen and oxygen atoms in total. The highest BCUT2D eigenvalue weighted by Gasteiger charge is 2.29. The number of nitrogens with one attached hydrogen (secondary N) is 1. The number of hydrogen-bond acceptors (Lipinski definition) is 3. The molecule has 0 unspecified atom stereocenters. The van der Waals surface area contributed by atoms with Crippen LogP contribution in [0.25, 0.3) is 10.8 Å². The fourth-order valence-corrected chi connectivity index (χ4v) is 3.69. The van der Waals surface area contributed by atoms with Crippen molar-refractivity contribution in [1.29, 1.82) is 0 Å². The molecular weight excluding hydrogens is 419 g/mol. The molecule has 3 aromatic carbocycles. The summed E-state index contributed by atoms with van der Waals surface area (Å²) in [6.07, 6.45) is 1.24. The van der Waals surface area contributed by atoms with Gasteiger partial charge in [-0.3, -0.25) is 9.59 Å². The van der Waals surface area contributed by atoms with Gasteiger partial charge in [-0.1, -0.05) is 62.4 Å². The van der Waals surface area contributed by atoms with Crippen molar-refractivity contribution in [3.8, 4) is 5.75 Å². The van der Waals surface area contributed by atoms with Crippen LogP contribution in [0.5, 0.6) is 5.75 Å². The summed E-state index contributed by atoms with van der Waals surface area (Å²) in [4.78, 5) is 27.8. The molecule has 0 aromatic heterocycles. The molecule has 2 atom stereocenters. The number of amides is 2. The van der Waals surface area contributed by atoms with Crippen molar-refractivity contribution in [2.24, 2.45) is 0 Å². The zero-order valence-corrected chi connectivity index (χ0v) is 19.4. The third-order valence-electron chi connectivity index (χ3n) is 5.75. The third kappa shape index (κ3) is 6.31. The Morgan fingerprint density at radius 3 is 2.36 bits per heavy atom. The van der Waals surface area contributed by atoms with Gasteiger partial charge < -0.3 is 15.0 Å². The summed E-state index contributed by atoms with van der Waals surface area (Å²) in [7, 11) is 0. The topological polar surface area (TPSA) is 58.6 Å². The number of ether oxygens (including phenoxy) is 1. The molecule has 0 aliphatic carbocycles. The maximum absolute atomic E-state index is 13.4. The number of carbonyl (C=O) groups is 2.